The lowest BCUT2D eigenvalue weighted by Gasteiger charge is -2.02. The zero-order valence-corrected chi connectivity index (χ0v) is 8.43. The molecule has 2 nitrogen and oxygen atoms in total. The molecule has 1 atom stereocenters. The normalized spacial score (nSPS) is 12.4. The van der Waals surface area contributed by atoms with Crippen molar-refractivity contribution in [3.8, 4) is 0 Å². The third-order valence-electron chi connectivity index (χ3n) is 1.67. The van der Waals surface area contributed by atoms with Crippen LogP contribution in [-0.4, -0.2) is 10.5 Å². The minimum atomic E-state index is -0.809. The highest BCUT2D eigenvalue weighted by Crippen LogP contribution is 2.11. The van der Waals surface area contributed by atoms with Crippen molar-refractivity contribution in [1.82, 2.24) is 0 Å². The van der Waals surface area contributed by atoms with Gasteiger partial charge in [0.2, 0.25) is 0 Å². The lowest BCUT2D eigenvalue weighted by atomic mass is 10.1. The van der Waals surface area contributed by atoms with Gasteiger partial charge in [-0.05, 0) is 17.2 Å². The van der Waals surface area contributed by atoms with E-state index >= 15 is 0 Å². The van der Waals surface area contributed by atoms with Crippen molar-refractivity contribution in [1.29, 1.82) is 0 Å². The third kappa shape index (κ3) is 3.03. The van der Waals surface area contributed by atoms with E-state index in [1.165, 1.54) is 0 Å². The second kappa shape index (κ2) is 4.23. The van der Waals surface area contributed by atoms with Crippen molar-refractivity contribution in [3.05, 3.63) is 42.0 Å². The summed E-state index contributed by atoms with van der Waals surface area (Å²) >= 11 is 0. The van der Waals surface area contributed by atoms with E-state index in [-0.39, 0.29) is 0 Å². The van der Waals surface area contributed by atoms with E-state index in [9.17, 15) is 4.21 Å². The molecule has 1 aromatic carbocycles. The van der Waals surface area contributed by atoms with Crippen LogP contribution in [0.1, 0.15) is 11.1 Å². The van der Waals surface area contributed by atoms with Crippen molar-refractivity contribution >= 4 is 16.5 Å². The maximum absolute atomic E-state index is 11.0. The molecule has 1 unspecified atom stereocenters. The molecule has 0 aromatic heterocycles. The largest absolute Gasteiger partial charge is 0.399 e. The number of rotatable bonds is 3. The van der Waals surface area contributed by atoms with E-state index < -0.39 is 10.8 Å². The first-order valence-corrected chi connectivity index (χ1v) is 5.66. The summed E-state index contributed by atoms with van der Waals surface area (Å²) in [6.07, 6.45) is 1.68. The average Bonchev–Trinajstić information content (AvgIpc) is 2.03. The maximum Gasteiger partial charge on any atom is 0.0483 e. The van der Waals surface area contributed by atoms with E-state index in [0.717, 1.165) is 11.1 Å². The first-order chi connectivity index (χ1) is 6.09. The minimum Gasteiger partial charge on any atom is -0.399 e. The van der Waals surface area contributed by atoms with Gasteiger partial charge in [0.25, 0.3) is 0 Å². The quantitative estimate of drug-likeness (QED) is 0.794. The Morgan fingerprint density at radius 2 is 2.31 bits per heavy atom. The Morgan fingerprint density at radius 3 is 2.85 bits per heavy atom. The topological polar surface area (TPSA) is 43.1 Å². The summed E-state index contributed by atoms with van der Waals surface area (Å²) in [5, 5.41) is 0. The van der Waals surface area contributed by atoms with E-state index in [2.05, 4.69) is 6.58 Å². The maximum atomic E-state index is 11.0. The standard InChI is InChI=1S/C10H13NOS/c1-8(11)10-5-3-4-9(6-10)7-13(2)12/h3-6H,1,7,11H2,2H3. The molecule has 13 heavy (non-hydrogen) atoms. The molecule has 0 fully saturated rings. The zero-order chi connectivity index (χ0) is 9.84. The SMILES string of the molecule is C=C(N)c1cccc(CS(C)=O)c1. The Bertz CT molecular complexity index is 347. The summed E-state index contributed by atoms with van der Waals surface area (Å²) in [7, 11) is -0.809. The van der Waals surface area contributed by atoms with E-state index in [4.69, 9.17) is 5.73 Å². The van der Waals surface area contributed by atoms with Gasteiger partial charge in [-0.3, -0.25) is 4.21 Å². The fourth-order valence-corrected chi connectivity index (χ4v) is 1.74. The van der Waals surface area contributed by atoms with Gasteiger partial charge in [0.1, 0.15) is 0 Å². The molecule has 0 heterocycles. The van der Waals surface area contributed by atoms with Gasteiger partial charge >= 0.3 is 0 Å². The van der Waals surface area contributed by atoms with Gasteiger partial charge in [0, 0.05) is 28.5 Å². The van der Waals surface area contributed by atoms with Gasteiger partial charge in [0.15, 0.2) is 0 Å². The molecule has 0 saturated carbocycles. The van der Waals surface area contributed by atoms with Gasteiger partial charge in [0.05, 0.1) is 0 Å². The molecule has 1 rings (SSSR count). The highest BCUT2D eigenvalue weighted by molar-refractivity contribution is 7.83. The molecule has 0 aliphatic carbocycles. The predicted octanol–water partition coefficient (Wildman–Crippen LogP) is 1.49. The molecule has 0 aliphatic rings. The van der Waals surface area contributed by atoms with Crippen molar-refractivity contribution in [2.75, 3.05) is 6.26 Å². The zero-order valence-electron chi connectivity index (χ0n) is 7.62. The van der Waals surface area contributed by atoms with Crippen LogP contribution < -0.4 is 5.73 Å². The summed E-state index contributed by atoms with van der Waals surface area (Å²) in [5.74, 6) is 0.571. The molecular weight excluding hydrogens is 182 g/mol. The molecular formula is C10H13NOS. The molecule has 0 radical (unpaired) electrons. The van der Waals surface area contributed by atoms with Crippen LogP contribution in [0.3, 0.4) is 0 Å². The number of benzene rings is 1. The van der Waals surface area contributed by atoms with Gasteiger partial charge in [-0.25, -0.2) is 0 Å². The Hall–Kier alpha value is -1.09. The number of nitrogens with two attached hydrogens (primary N) is 1. The molecule has 3 heteroatoms. The first kappa shape index (κ1) is 9.99. The highest BCUT2D eigenvalue weighted by atomic mass is 32.2. The summed E-state index contributed by atoms with van der Waals surface area (Å²) in [5.41, 5.74) is 8.03. The lowest BCUT2D eigenvalue weighted by molar-refractivity contribution is 0.686. The third-order valence-corrected chi connectivity index (χ3v) is 2.41. The highest BCUT2D eigenvalue weighted by Gasteiger charge is 1.98. The van der Waals surface area contributed by atoms with Crippen molar-refractivity contribution in [3.63, 3.8) is 0 Å². The van der Waals surface area contributed by atoms with Gasteiger partial charge in [-0.2, -0.15) is 0 Å². The summed E-state index contributed by atoms with van der Waals surface area (Å²) in [4.78, 5) is 0. The van der Waals surface area contributed by atoms with Crippen LogP contribution in [0.15, 0.2) is 30.8 Å². The van der Waals surface area contributed by atoms with Crippen LogP contribution in [0.4, 0.5) is 0 Å². The second-order valence-corrected chi connectivity index (χ2v) is 4.38. The molecule has 0 bridgehead atoms. The van der Waals surface area contributed by atoms with Crippen LogP contribution in [0.5, 0.6) is 0 Å². The molecule has 0 spiro atoms. The fourth-order valence-electron chi connectivity index (χ4n) is 1.10. The smallest absolute Gasteiger partial charge is 0.0483 e. The molecule has 0 aliphatic heterocycles. The van der Waals surface area contributed by atoms with Gasteiger partial charge in [-0.15, -0.1) is 0 Å². The van der Waals surface area contributed by atoms with E-state index in [1.54, 1.807) is 6.26 Å². The second-order valence-electron chi connectivity index (χ2n) is 2.94. The Balaban J connectivity index is 2.91. The van der Waals surface area contributed by atoms with Gasteiger partial charge < -0.3 is 5.73 Å². The molecule has 0 saturated heterocycles. The van der Waals surface area contributed by atoms with Gasteiger partial charge in [-0.1, -0.05) is 24.8 Å². The Labute approximate surface area is 80.9 Å². The van der Waals surface area contributed by atoms with Crippen molar-refractivity contribution in [2.45, 2.75) is 5.75 Å². The molecule has 70 valence electrons. The Kier molecular flexibility index (Phi) is 3.25. The van der Waals surface area contributed by atoms with Crippen LogP contribution in [-0.2, 0) is 16.6 Å². The number of hydrogen-bond donors (Lipinski definition) is 1. The fraction of sp³-hybridized carbons (Fsp3) is 0.200. The molecule has 1 aromatic rings. The first-order valence-electron chi connectivity index (χ1n) is 3.93. The molecule has 2 N–H and O–H groups in total. The van der Waals surface area contributed by atoms with Crippen LogP contribution in [0.2, 0.25) is 0 Å². The Morgan fingerprint density at radius 1 is 1.62 bits per heavy atom. The van der Waals surface area contributed by atoms with E-state index in [1.807, 2.05) is 24.3 Å². The number of hydrogen-bond acceptors (Lipinski definition) is 2. The summed E-state index contributed by atoms with van der Waals surface area (Å²) in [6.45, 7) is 3.65. The summed E-state index contributed by atoms with van der Waals surface area (Å²) < 4.78 is 11.0. The van der Waals surface area contributed by atoms with Crippen LogP contribution >= 0.6 is 0 Å². The monoisotopic (exact) mass is 195 g/mol. The van der Waals surface area contributed by atoms with Crippen molar-refractivity contribution < 1.29 is 4.21 Å². The summed E-state index contributed by atoms with van der Waals surface area (Å²) in [6, 6.07) is 7.65. The van der Waals surface area contributed by atoms with E-state index in [0.29, 0.717) is 11.4 Å². The average molecular weight is 195 g/mol. The van der Waals surface area contributed by atoms with Crippen molar-refractivity contribution in [2.24, 2.45) is 5.73 Å². The minimum absolute atomic E-state index is 0.545. The van der Waals surface area contributed by atoms with Crippen LogP contribution in [0, 0.1) is 0 Å². The predicted molar refractivity (Wildman–Crippen MR) is 57.4 cm³/mol. The van der Waals surface area contributed by atoms with Crippen LogP contribution in [0.25, 0.3) is 5.70 Å². The lowest BCUT2D eigenvalue weighted by Crippen LogP contribution is -1.97. The molecule has 0 amide bonds.